The van der Waals surface area contributed by atoms with Crippen LogP contribution >= 0.6 is 0 Å². The monoisotopic (exact) mass is 840 g/mol. The first-order valence-corrected chi connectivity index (χ1v) is 22.1. The summed E-state index contributed by atoms with van der Waals surface area (Å²) < 4.78 is 2.36. The average Bonchev–Trinajstić information content (AvgIpc) is 3.66. The fraction of sp³-hybridized carbons (Fsp3) is 0.136. The molecule has 0 bridgehead atoms. The quantitative estimate of drug-likeness (QED) is 0.160. The highest BCUT2D eigenvalue weighted by atomic mass is 15.0. The zero-order valence-corrected chi connectivity index (χ0v) is 37.5. The highest BCUT2D eigenvalue weighted by molar-refractivity contribution is 6.11. The number of nitrogens with zero attached hydrogens (tertiary/aromatic N) is 6. The van der Waals surface area contributed by atoms with Gasteiger partial charge in [0.2, 0.25) is 0 Å². The molecular formula is C59H48N6. The Morgan fingerprint density at radius 2 is 0.723 bits per heavy atom. The predicted octanol–water partition coefficient (Wildman–Crippen LogP) is 14.8. The van der Waals surface area contributed by atoms with Gasteiger partial charge in [0.15, 0.2) is 11.6 Å². The summed E-state index contributed by atoms with van der Waals surface area (Å²) in [6.07, 6.45) is 0. The van der Waals surface area contributed by atoms with E-state index in [0.717, 1.165) is 72.5 Å². The Kier molecular flexibility index (Phi) is 10.3. The van der Waals surface area contributed by atoms with Crippen LogP contribution in [0.5, 0.6) is 0 Å². The molecule has 7 aromatic carbocycles. The zero-order chi connectivity index (χ0) is 44.9. The molecule has 0 spiro atoms. The number of fused-ring (bicyclic) bond motifs is 3. The van der Waals surface area contributed by atoms with E-state index in [9.17, 15) is 5.26 Å². The number of rotatable bonds is 7. The van der Waals surface area contributed by atoms with Crippen LogP contribution in [0.25, 0.3) is 95.3 Å². The topological polar surface area (TPSA) is 80.3 Å². The van der Waals surface area contributed by atoms with Crippen LogP contribution in [0.2, 0.25) is 0 Å². The third-order valence-electron chi connectivity index (χ3n) is 12.2. The number of benzene rings is 7. The summed E-state index contributed by atoms with van der Waals surface area (Å²) in [6, 6.07) is 65.0. The molecule has 0 saturated heterocycles. The summed E-state index contributed by atoms with van der Waals surface area (Å²) in [7, 11) is 0. The normalized spacial score (nSPS) is 11.8. The van der Waals surface area contributed by atoms with E-state index in [1.165, 1.54) is 11.1 Å². The molecule has 0 N–H and O–H groups in total. The second kappa shape index (κ2) is 16.3. The molecule has 6 heteroatoms. The van der Waals surface area contributed by atoms with E-state index in [4.69, 9.17) is 19.9 Å². The molecule has 0 aliphatic rings. The van der Waals surface area contributed by atoms with Crippen LogP contribution in [0.15, 0.2) is 182 Å². The third kappa shape index (κ3) is 7.87. The molecule has 314 valence electrons. The van der Waals surface area contributed by atoms with Gasteiger partial charge in [-0.2, -0.15) is 5.26 Å². The molecule has 0 saturated carbocycles. The first kappa shape index (κ1) is 41.0. The summed E-state index contributed by atoms with van der Waals surface area (Å²) in [5.74, 6) is 0.963. The first-order valence-electron chi connectivity index (χ1n) is 22.1. The Morgan fingerprint density at radius 3 is 1.02 bits per heavy atom. The molecule has 0 aliphatic carbocycles. The first-order chi connectivity index (χ1) is 31.4. The molecule has 0 aliphatic heterocycles. The predicted molar refractivity (Wildman–Crippen MR) is 267 cm³/mol. The standard InChI is InChI=1S/C59H48N6/c1-58(2,3)43-27-29-45-46-30-28-44(59(4,5)6)34-54(46)65(53(45)33-43)55-47(56-61-49(39-19-11-7-12-20-39)35-50(62-56)40-21-13-8-14-22-40)31-38(37-60)32-48(55)57-63-51(41-23-15-9-16-24-41)36-52(64-57)42-25-17-10-18-26-42/h7-36H,1-6H3. The molecule has 0 fully saturated rings. The van der Waals surface area contributed by atoms with Crippen molar-refractivity contribution in [2.24, 2.45) is 0 Å². The summed E-state index contributed by atoms with van der Waals surface area (Å²) in [6.45, 7) is 13.5. The van der Waals surface area contributed by atoms with Crippen molar-refractivity contribution in [3.63, 3.8) is 0 Å². The second-order valence-electron chi connectivity index (χ2n) is 18.7. The lowest BCUT2D eigenvalue weighted by Crippen LogP contribution is -2.12. The van der Waals surface area contributed by atoms with Crippen molar-refractivity contribution in [2.75, 3.05) is 0 Å². The van der Waals surface area contributed by atoms with Gasteiger partial charge < -0.3 is 4.57 Å². The highest BCUT2D eigenvalue weighted by Gasteiger charge is 2.27. The van der Waals surface area contributed by atoms with Crippen LogP contribution in [-0.4, -0.2) is 24.5 Å². The lowest BCUT2D eigenvalue weighted by Gasteiger charge is -2.22. The number of nitriles is 1. The fourth-order valence-electron chi connectivity index (χ4n) is 8.64. The van der Waals surface area contributed by atoms with Crippen molar-refractivity contribution < 1.29 is 0 Å². The Hall–Kier alpha value is -8.01. The van der Waals surface area contributed by atoms with E-state index in [1.54, 1.807) is 0 Å². The molecule has 3 aromatic heterocycles. The zero-order valence-electron chi connectivity index (χ0n) is 37.5. The molecular weight excluding hydrogens is 793 g/mol. The minimum Gasteiger partial charge on any atom is -0.308 e. The van der Waals surface area contributed by atoms with Crippen molar-refractivity contribution >= 4 is 21.8 Å². The lowest BCUT2D eigenvalue weighted by atomic mass is 9.86. The van der Waals surface area contributed by atoms with E-state index in [2.05, 4.69) is 137 Å². The Labute approximate surface area is 380 Å². The van der Waals surface area contributed by atoms with Crippen molar-refractivity contribution in [2.45, 2.75) is 52.4 Å². The van der Waals surface area contributed by atoms with Crippen molar-refractivity contribution in [3.05, 3.63) is 199 Å². The van der Waals surface area contributed by atoms with Gasteiger partial charge in [-0.25, -0.2) is 19.9 Å². The van der Waals surface area contributed by atoms with Gasteiger partial charge in [-0.05, 0) is 58.4 Å². The van der Waals surface area contributed by atoms with Gasteiger partial charge in [0.05, 0.1) is 51.1 Å². The van der Waals surface area contributed by atoms with Gasteiger partial charge in [-0.3, -0.25) is 0 Å². The van der Waals surface area contributed by atoms with E-state index >= 15 is 0 Å². The van der Waals surface area contributed by atoms with Crippen LogP contribution in [0.4, 0.5) is 0 Å². The van der Waals surface area contributed by atoms with E-state index in [0.29, 0.717) is 28.3 Å². The number of hydrogen-bond donors (Lipinski definition) is 0. The maximum absolute atomic E-state index is 11.0. The maximum atomic E-state index is 11.0. The maximum Gasteiger partial charge on any atom is 0.162 e. The molecule has 10 aromatic rings. The van der Waals surface area contributed by atoms with Gasteiger partial charge in [-0.1, -0.05) is 187 Å². The summed E-state index contributed by atoms with van der Waals surface area (Å²) >= 11 is 0. The SMILES string of the molecule is CC(C)(C)c1ccc2c3ccc(C(C)(C)C)cc3n(-c3c(-c4nc(-c5ccccc5)cc(-c5ccccc5)n4)cc(C#N)cc3-c3nc(-c4ccccc4)cc(-c4ccccc4)n3)c2c1. The van der Waals surface area contributed by atoms with Crippen LogP contribution in [0.1, 0.15) is 58.2 Å². The summed E-state index contributed by atoms with van der Waals surface area (Å²) in [5, 5.41) is 13.2. The largest absolute Gasteiger partial charge is 0.308 e. The van der Waals surface area contributed by atoms with Crippen LogP contribution < -0.4 is 0 Å². The van der Waals surface area contributed by atoms with Crippen LogP contribution in [0.3, 0.4) is 0 Å². The van der Waals surface area contributed by atoms with E-state index in [1.807, 2.05) is 97.1 Å². The molecule has 3 heterocycles. The molecule has 65 heavy (non-hydrogen) atoms. The molecule has 0 amide bonds. The van der Waals surface area contributed by atoms with Gasteiger partial charge >= 0.3 is 0 Å². The lowest BCUT2D eigenvalue weighted by molar-refractivity contribution is 0.591. The smallest absolute Gasteiger partial charge is 0.162 e. The summed E-state index contributed by atoms with van der Waals surface area (Å²) in [5.41, 5.74) is 13.7. The van der Waals surface area contributed by atoms with Gasteiger partial charge in [0.1, 0.15) is 0 Å². The fourth-order valence-corrected chi connectivity index (χ4v) is 8.64. The average molecular weight is 841 g/mol. The molecule has 0 radical (unpaired) electrons. The van der Waals surface area contributed by atoms with Gasteiger partial charge in [0, 0.05) is 44.2 Å². The Bertz CT molecular complexity index is 3090. The van der Waals surface area contributed by atoms with E-state index < -0.39 is 0 Å². The Morgan fingerprint density at radius 1 is 0.400 bits per heavy atom. The van der Waals surface area contributed by atoms with Crippen molar-refractivity contribution in [1.29, 1.82) is 5.26 Å². The molecule has 0 atom stereocenters. The number of hydrogen-bond acceptors (Lipinski definition) is 5. The highest BCUT2D eigenvalue weighted by Crippen LogP contribution is 2.44. The van der Waals surface area contributed by atoms with Crippen molar-refractivity contribution in [3.8, 4) is 79.6 Å². The van der Waals surface area contributed by atoms with Crippen LogP contribution in [0, 0.1) is 11.3 Å². The second-order valence-corrected chi connectivity index (χ2v) is 18.7. The van der Waals surface area contributed by atoms with Crippen LogP contribution in [-0.2, 0) is 10.8 Å². The molecule has 10 rings (SSSR count). The minimum atomic E-state index is -0.141. The number of aromatic nitrogens is 5. The van der Waals surface area contributed by atoms with E-state index in [-0.39, 0.29) is 10.8 Å². The molecule has 6 nitrogen and oxygen atoms in total. The third-order valence-corrected chi connectivity index (χ3v) is 12.2. The van der Waals surface area contributed by atoms with Gasteiger partial charge in [-0.15, -0.1) is 0 Å². The summed E-state index contributed by atoms with van der Waals surface area (Å²) in [4.78, 5) is 21.6. The Balaban J connectivity index is 1.41. The minimum absolute atomic E-state index is 0.141. The van der Waals surface area contributed by atoms with Gasteiger partial charge in [0.25, 0.3) is 0 Å². The van der Waals surface area contributed by atoms with Crippen molar-refractivity contribution in [1.82, 2.24) is 24.5 Å². The molecule has 0 unspecified atom stereocenters.